The van der Waals surface area contributed by atoms with Crippen LogP contribution in [0.2, 0.25) is 0 Å². The van der Waals surface area contributed by atoms with Gasteiger partial charge in [0.2, 0.25) is 11.7 Å². The standard InChI is InChI=1S/C11H17N3O2S/c1-4-11(5-2,15-3)10-13-9(16-14-10)8-17-7-6-12/h4-5,7-8H2,1-3H3. The number of nitrogens with zero attached hydrogens (tertiary/aromatic N) is 3. The smallest absolute Gasteiger partial charge is 0.236 e. The molecule has 0 bridgehead atoms. The lowest BCUT2D eigenvalue weighted by Crippen LogP contribution is -2.28. The van der Waals surface area contributed by atoms with E-state index in [1.165, 1.54) is 11.8 Å². The van der Waals surface area contributed by atoms with E-state index in [4.69, 9.17) is 14.5 Å². The topological polar surface area (TPSA) is 71.9 Å². The van der Waals surface area contributed by atoms with Gasteiger partial charge in [0.1, 0.15) is 5.60 Å². The van der Waals surface area contributed by atoms with Crippen molar-refractivity contribution in [2.75, 3.05) is 12.9 Å². The number of nitriles is 1. The molecule has 0 aliphatic rings. The molecule has 6 heteroatoms. The van der Waals surface area contributed by atoms with Gasteiger partial charge in [0.25, 0.3) is 0 Å². The Morgan fingerprint density at radius 1 is 1.47 bits per heavy atom. The molecule has 0 amide bonds. The zero-order valence-corrected chi connectivity index (χ0v) is 11.2. The normalized spacial score (nSPS) is 11.4. The van der Waals surface area contributed by atoms with Crippen LogP contribution >= 0.6 is 11.8 Å². The van der Waals surface area contributed by atoms with Crippen LogP contribution in [0.4, 0.5) is 0 Å². The number of ether oxygens (including phenoxy) is 1. The van der Waals surface area contributed by atoms with Crippen molar-refractivity contribution in [3.8, 4) is 6.07 Å². The monoisotopic (exact) mass is 255 g/mol. The minimum absolute atomic E-state index is 0.425. The molecule has 5 nitrogen and oxygen atoms in total. The van der Waals surface area contributed by atoms with Crippen LogP contribution in [0.1, 0.15) is 38.4 Å². The minimum Gasteiger partial charge on any atom is -0.370 e. The quantitative estimate of drug-likeness (QED) is 0.697. The van der Waals surface area contributed by atoms with E-state index >= 15 is 0 Å². The van der Waals surface area contributed by atoms with Gasteiger partial charge in [0, 0.05) is 7.11 Å². The lowest BCUT2D eigenvalue weighted by Gasteiger charge is -2.25. The number of thioether (sulfide) groups is 1. The fourth-order valence-electron chi connectivity index (χ4n) is 1.63. The van der Waals surface area contributed by atoms with Gasteiger partial charge in [-0.1, -0.05) is 19.0 Å². The van der Waals surface area contributed by atoms with Crippen molar-refractivity contribution in [2.45, 2.75) is 38.0 Å². The molecule has 0 saturated carbocycles. The first-order valence-corrected chi connectivity index (χ1v) is 6.70. The number of rotatable bonds is 7. The molecule has 0 radical (unpaired) electrons. The zero-order valence-electron chi connectivity index (χ0n) is 10.4. The Labute approximate surface area is 106 Å². The lowest BCUT2D eigenvalue weighted by atomic mass is 9.96. The molecular weight excluding hydrogens is 238 g/mol. The average molecular weight is 255 g/mol. The molecule has 0 saturated heterocycles. The van der Waals surface area contributed by atoms with Crippen LogP contribution in [0, 0.1) is 11.3 Å². The maximum absolute atomic E-state index is 8.44. The molecule has 0 fully saturated rings. The number of hydrogen-bond acceptors (Lipinski definition) is 6. The second kappa shape index (κ2) is 6.62. The summed E-state index contributed by atoms with van der Waals surface area (Å²) in [6.07, 6.45) is 1.59. The Morgan fingerprint density at radius 2 is 2.18 bits per heavy atom. The highest BCUT2D eigenvalue weighted by molar-refractivity contribution is 7.98. The predicted octanol–water partition coefficient (Wildman–Crippen LogP) is 2.49. The van der Waals surface area contributed by atoms with Crippen molar-refractivity contribution in [3.63, 3.8) is 0 Å². The molecule has 1 aromatic rings. The first kappa shape index (κ1) is 14.0. The van der Waals surface area contributed by atoms with Crippen LogP contribution in [0.3, 0.4) is 0 Å². The molecule has 0 atom stereocenters. The van der Waals surface area contributed by atoms with Gasteiger partial charge in [-0.3, -0.25) is 0 Å². The highest BCUT2D eigenvalue weighted by atomic mass is 32.2. The molecule has 94 valence electrons. The predicted molar refractivity (Wildman–Crippen MR) is 65.3 cm³/mol. The SMILES string of the molecule is CCC(CC)(OC)c1noc(CSCC#N)n1. The first-order chi connectivity index (χ1) is 8.22. The Hall–Kier alpha value is -1.06. The summed E-state index contributed by atoms with van der Waals surface area (Å²) in [5, 5.41) is 12.4. The summed E-state index contributed by atoms with van der Waals surface area (Å²) >= 11 is 1.45. The summed E-state index contributed by atoms with van der Waals surface area (Å²) in [6, 6.07) is 2.06. The van der Waals surface area contributed by atoms with Gasteiger partial charge in [-0.2, -0.15) is 10.2 Å². The molecular formula is C11H17N3O2S. The fraction of sp³-hybridized carbons (Fsp3) is 0.727. The summed E-state index contributed by atoms with van der Waals surface area (Å²) in [7, 11) is 1.66. The fourth-order valence-corrected chi connectivity index (χ4v) is 2.11. The average Bonchev–Trinajstić information content (AvgIpc) is 2.82. The van der Waals surface area contributed by atoms with Crippen LogP contribution < -0.4 is 0 Å². The van der Waals surface area contributed by atoms with Gasteiger partial charge in [0.05, 0.1) is 17.6 Å². The number of methoxy groups -OCH3 is 1. The third kappa shape index (κ3) is 3.20. The second-order valence-corrected chi connectivity index (χ2v) is 4.55. The third-order valence-electron chi connectivity index (χ3n) is 2.80. The lowest BCUT2D eigenvalue weighted by molar-refractivity contribution is -0.0306. The molecule has 1 aromatic heterocycles. The Morgan fingerprint density at radius 3 is 2.71 bits per heavy atom. The molecule has 0 aromatic carbocycles. The Bertz CT molecular complexity index is 374. The van der Waals surface area contributed by atoms with Crippen LogP contribution in [0.5, 0.6) is 0 Å². The molecule has 0 N–H and O–H groups in total. The van der Waals surface area contributed by atoms with Gasteiger partial charge in [0.15, 0.2) is 0 Å². The number of hydrogen-bond donors (Lipinski definition) is 0. The van der Waals surface area contributed by atoms with E-state index in [0.29, 0.717) is 23.2 Å². The largest absolute Gasteiger partial charge is 0.370 e. The Balaban J connectivity index is 2.75. The van der Waals surface area contributed by atoms with Crippen LogP contribution in [-0.2, 0) is 16.1 Å². The van der Waals surface area contributed by atoms with Gasteiger partial charge < -0.3 is 9.26 Å². The van der Waals surface area contributed by atoms with E-state index in [1.807, 2.05) is 13.8 Å². The van der Waals surface area contributed by atoms with E-state index in [2.05, 4.69) is 16.2 Å². The summed E-state index contributed by atoms with van der Waals surface area (Å²) < 4.78 is 10.7. The minimum atomic E-state index is -0.457. The van der Waals surface area contributed by atoms with E-state index in [9.17, 15) is 0 Å². The van der Waals surface area contributed by atoms with E-state index in [0.717, 1.165) is 12.8 Å². The molecule has 1 rings (SSSR count). The van der Waals surface area contributed by atoms with Crippen LogP contribution in [0.25, 0.3) is 0 Å². The van der Waals surface area contributed by atoms with Gasteiger partial charge in [-0.15, -0.1) is 11.8 Å². The van der Waals surface area contributed by atoms with Crippen molar-refractivity contribution in [2.24, 2.45) is 0 Å². The van der Waals surface area contributed by atoms with Crippen molar-refractivity contribution in [3.05, 3.63) is 11.7 Å². The summed E-state index contributed by atoms with van der Waals surface area (Å²) in [4.78, 5) is 4.33. The van der Waals surface area contributed by atoms with E-state index in [-0.39, 0.29) is 0 Å². The Kier molecular flexibility index (Phi) is 5.45. The maximum Gasteiger partial charge on any atom is 0.236 e. The molecule has 0 unspecified atom stereocenters. The molecule has 0 spiro atoms. The van der Waals surface area contributed by atoms with Gasteiger partial charge in [-0.25, -0.2) is 0 Å². The van der Waals surface area contributed by atoms with Crippen molar-refractivity contribution >= 4 is 11.8 Å². The second-order valence-electron chi connectivity index (χ2n) is 3.57. The van der Waals surface area contributed by atoms with E-state index < -0.39 is 5.60 Å². The van der Waals surface area contributed by atoms with Crippen LogP contribution in [0.15, 0.2) is 4.52 Å². The molecule has 1 heterocycles. The highest BCUT2D eigenvalue weighted by Gasteiger charge is 2.33. The number of aromatic nitrogens is 2. The van der Waals surface area contributed by atoms with E-state index in [1.54, 1.807) is 7.11 Å². The summed E-state index contributed by atoms with van der Waals surface area (Å²) in [5.41, 5.74) is -0.457. The first-order valence-electron chi connectivity index (χ1n) is 5.55. The summed E-state index contributed by atoms with van der Waals surface area (Å²) in [5.74, 6) is 2.13. The van der Waals surface area contributed by atoms with Crippen LogP contribution in [-0.4, -0.2) is 23.0 Å². The summed E-state index contributed by atoms with van der Waals surface area (Å²) in [6.45, 7) is 4.07. The van der Waals surface area contributed by atoms with Crippen molar-refractivity contribution in [1.82, 2.24) is 10.1 Å². The van der Waals surface area contributed by atoms with Gasteiger partial charge >= 0.3 is 0 Å². The maximum atomic E-state index is 8.44. The highest BCUT2D eigenvalue weighted by Crippen LogP contribution is 2.30. The van der Waals surface area contributed by atoms with Gasteiger partial charge in [-0.05, 0) is 12.8 Å². The van der Waals surface area contributed by atoms with Crippen molar-refractivity contribution in [1.29, 1.82) is 5.26 Å². The van der Waals surface area contributed by atoms with Crippen molar-refractivity contribution < 1.29 is 9.26 Å². The zero-order chi connectivity index (χ0) is 12.7. The third-order valence-corrected chi connectivity index (χ3v) is 3.59. The molecule has 17 heavy (non-hydrogen) atoms. The molecule has 0 aliphatic heterocycles. The molecule has 0 aliphatic carbocycles.